The van der Waals surface area contributed by atoms with E-state index in [0.29, 0.717) is 18.7 Å². The van der Waals surface area contributed by atoms with Crippen LogP contribution >= 0.6 is 11.8 Å². The van der Waals surface area contributed by atoms with Crippen molar-refractivity contribution in [3.8, 4) is 5.75 Å². The Balaban J connectivity index is 2.32. The highest BCUT2D eigenvalue weighted by Crippen LogP contribution is 2.33. The van der Waals surface area contributed by atoms with Crippen LogP contribution in [0.15, 0.2) is 36.4 Å². The van der Waals surface area contributed by atoms with Gasteiger partial charge in [0, 0.05) is 13.1 Å². The van der Waals surface area contributed by atoms with E-state index in [-0.39, 0.29) is 5.24 Å². The van der Waals surface area contributed by atoms with Gasteiger partial charge in [0.1, 0.15) is 11.0 Å². The van der Waals surface area contributed by atoms with Crippen LogP contribution < -0.4 is 4.74 Å². The van der Waals surface area contributed by atoms with Gasteiger partial charge in [-0.1, -0.05) is 18.2 Å². The van der Waals surface area contributed by atoms with Crippen LogP contribution in [0.4, 0.5) is 4.79 Å². The lowest BCUT2D eigenvalue weighted by molar-refractivity contribution is -0.136. The molecule has 0 bridgehead atoms. The Labute approximate surface area is 145 Å². The van der Waals surface area contributed by atoms with Crippen LogP contribution in [-0.4, -0.2) is 41.4 Å². The number of rotatable bonds is 6. The summed E-state index contributed by atoms with van der Waals surface area (Å²) in [6, 6.07) is 11.0. The largest absolute Gasteiger partial charge is 0.497 e. The van der Waals surface area contributed by atoms with Crippen molar-refractivity contribution < 1.29 is 19.4 Å². The van der Waals surface area contributed by atoms with Crippen LogP contribution in [-0.2, 0) is 4.79 Å². The first-order valence-electron chi connectivity index (χ1n) is 7.76. The van der Waals surface area contributed by atoms with E-state index in [1.807, 2.05) is 44.2 Å². The van der Waals surface area contributed by atoms with Gasteiger partial charge >= 0.3 is 5.97 Å². The van der Waals surface area contributed by atoms with Crippen LogP contribution in [0.5, 0.6) is 5.75 Å². The fraction of sp³-hybridized carbons (Fsp3) is 0.333. The standard InChI is InChI=1S/C18H21NO4S/c1-4-19(5-2)18(22)24-16(17(20)21)14-7-6-13-11-15(23-3)9-8-12(13)10-14/h6-11,16H,4-5H2,1-3H3,(H,20,21). The molecule has 24 heavy (non-hydrogen) atoms. The van der Waals surface area contributed by atoms with Crippen molar-refractivity contribution in [3.05, 3.63) is 42.0 Å². The summed E-state index contributed by atoms with van der Waals surface area (Å²) in [6.45, 7) is 4.88. The van der Waals surface area contributed by atoms with E-state index in [0.717, 1.165) is 28.3 Å². The van der Waals surface area contributed by atoms with E-state index in [4.69, 9.17) is 4.74 Å². The molecule has 0 fully saturated rings. The molecule has 0 heterocycles. The number of ether oxygens (including phenoxy) is 1. The molecule has 1 amide bonds. The lowest BCUT2D eigenvalue weighted by atomic mass is 10.0. The van der Waals surface area contributed by atoms with Crippen molar-refractivity contribution in [2.24, 2.45) is 0 Å². The van der Waals surface area contributed by atoms with Gasteiger partial charge in [0.25, 0.3) is 5.24 Å². The number of hydrogen-bond donors (Lipinski definition) is 1. The first kappa shape index (κ1) is 18.1. The van der Waals surface area contributed by atoms with Crippen LogP contribution in [0.1, 0.15) is 24.7 Å². The second-order valence-electron chi connectivity index (χ2n) is 5.25. The lowest BCUT2D eigenvalue weighted by Crippen LogP contribution is -2.28. The zero-order chi connectivity index (χ0) is 17.7. The lowest BCUT2D eigenvalue weighted by Gasteiger charge is -2.20. The van der Waals surface area contributed by atoms with Gasteiger partial charge in [-0.3, -0.25) is 9.59 Å². The van der Waals surface area contributed by atoms with E-state index in [1.165, 1.54) is 0 Å². The van der Waals surface area contributed by atoms with Gasteiger partial charge in [-0.25, -0.2) is 0 Å². The van der Waals surface area contributed by atoms with Crippen LogP contribution in [0.2, 0.25) is 0 Å². The number of benzene rings is 2. The topological polar surface area (TPSA) is 66.8 Å². The molecule has 128 valence electrons. The monoisotopic (exact) mass is 347 g/mol. The van der Waals surface area contributed by atoms with Gasteiger partial charge in [-0.2, -0.15) is 0 Å². The molecule has 5 nitrogen and oxygen atoms in total. The Kier molecular flexibility index (Phi) is 6.09. The second-order valence-corrected chi connectivity index (χ2v) is 6.30. The summed E-state index contributed by atoms with van der Waals surface area (Å²) >= 11 is 0.842. The Hall–Kier alpha value is -2.21. The predicted molar refractivity (Wildman–Crippen MR) is 96.8 cm³/mol. The van der Waals surface area contributed by atoms with E-state index in [9.17, 15) is 14.7 Å². The number of carboxylic acids is 1. The minimum absolute atomic E-state index is 0.220. The summed E-state index contributed by atoms with van der Waals surface area (Å²) in [5.74, 6) is -0.274. The second kappa shape index (κ2) is 8.06. The molecule has 0 radical (unpaired) electrons. The molecule has 2 aromatic carbocycles. The minimum atomic E-state index is -1.02. The van der Waals surface area contributed by atoms with Crippen LogP contribution in [0, 0.1) is 0 Å². The molecule has 0 aliphatic carbocycles. The molecule has 0 saturated heterocycles. The van der Waals surface area contributed by atoms with Crippen molar-refractivity contribution in [2.75, 3.05) is 20.2 Å². The van der Waals surface area contributed by atoms with E-state index in [1.54, 1.807) is 18.1 Å². The summed E-state index contributed by atoms with van der Waals surface area (Å²) < 4.78 is 5.19. The molecule has 1 atom stereocenters. The van der Waals surface area contributed by atoms with Gasteiger partial charge in [-0.15, -0.1) is 0 Å². The molecular formula is C18H21NO4S. The number of carbonyl (C=O) groups excluding carboxylic acids is 1. The van der Waals surface area contributed by atoms with Gasteiger partial charge in [0.2, 0.25) is 0 Å². The molecule has 2 rings (SSSR count). The molecule has 6 heteroatoms. The SMILES string of the molecule is CCN(CC)C(=O)SC(C(=O)O)c1ccc2cc(OC)ccc2c1. The third kappa shape index (κ3) is 4.00. The Bertz CT molecular complexity index is 743. The van der Waals surface area contributed by atoms with E-state index >= 15 is 0 Å². The number of hydrogen-bond acceptors (Lipinski definition) is 4. The molecule has 2 aromatic rings. The van der Waals surface area contributed by atoms with E-state index < -0.39 is 11.2 Å². The van der Waals surface area contributed by atoms with Gasteiger partial charge in [0.15, 0.2) is 0 Å². The maximum atomic E-state index is 12.2. The molecule has 1 N–H and O–H groups in total. The third-order valence-electron chi connectivity index (χ3n) is 3.84. The minimum Gasteiger partial charge on any atom is -0.497 e. The first-order valence-corrected chi connectivity index (χ1v) is 8.64. The van der Waals surface area contributed by atoms with E-state index in [2.05, 4.69) is 0 Å². The average molecular weight is 347 g/mol. The maximum absolute atomic E-state index is 12.2. The average Bonchev–Trinajstić information content (AvgIpc) is 2.59. The molecule has 1 unspecified atom stereocenters. The fourth-order valence-corrected chi connectivity index (χ4v) is 3.44. The van der Waals surface area contributed by atoms with Crippen molar-refractivity contribution in [1.29, 1.82) is 0 Å². The molecule has 0 saturated carbocycles. The fourth-order valence-electron chi connectivity index (χ4n) is 2.45. The zero-order valence-corrected chi connectivity index (χ0v) is 14.8. The third-order valence-corrected chi connectivity index (χ3v) is 5.01. The molecule has 0 spiro atoms. The van der Waals surface area contributed by atoms with Crippen molar-refractivity contribution in [1.82, 2.24) is 4.90 Å². The van der Waals surface area contributed by atoms with Gasteiger partial charge < -0.3 is 14.7 Å². The highest BCUT2D eigenvalue weighted by Gasteiger charge is 2.26. The van der Waals surface area contributed by atoms with Gasteiger partial charge in [0.05, 0.1) is 7.11 Å². The van der Waals surface area contributed by atoms with Gasteiger partial charge in [-0.05, 0) is 60.1 Å². The van der Waals surface area contributed by atoms with Crippen molar-refractivity contribution in [3.63, 3.8) is 0 Å². The number of aliphatic carboxylic acids is 1. The Morgan fingerprint density at radius 3 is 2.33 bits per heavy atom. The number of thioether (sulfide) groups is 1. The highest BCUT2D eigenvalue weighted by atomic mass is 32.2. The van der Waals surface area contributed by atoms with Crippen LogP contribution in [0.25, 0.3) is 10.8 Å². The number of nitrogens with zero attached hydrogens (tertiary/aromatic N) is 1. The molecule has 0 aromatic heterocycles. The molecule has 0 aliphatic heterocycles. The smallest absolute Gasteiger partial charge is 0.321 e. The normalized spacial score (nSPS) is 12.0. The summed E-state index contributed by atoms with van der Waals surface area (Å²) in [4.78, 5) is 25.5. The molecule has 0 aliphatic rings. The predicted octanol–water partition coefficient (Wildman–Crippen LogP) is 4.17. The number of amides is 1. The quantitative estimate of drug-likeness (QED) is 0.849. The Morgan fingerprint density at radius 2 is 1.75 bits per heavy atom. The van der Waals surface area contributed by atoms with Crippen molar-refractivity contribution >= 4 is 33.7 Å². The first-order chi connectivity index (χ1) is 11.5. The highest BCUT2D eigenvalue weighted by molar-refractivity contribution is 8.14. The number of carbonyl (C=O) groups is 2. The molecular weight excluding hydrogens is 326 g/mol. The number of methoxy groups -OCH3 is 1. The summed E-state index contributed by atoms with van der Waals surface area (Å²) in [5, 5.41) is 10.3. The number of carboxylic acid groups (broad SMARTS) is 1. The Morgan fingerprint density at radius 1 is 1.12 bits per heavy atom. The number of fused-ring (bicyclic) bond motifs is 1. The maximum Gasteiger partial charge on any atom is 0.321 e. The van der Waals surface area contributed by atoms with Crippen molar-refractivity contribution in [2.45, 2.75) is 19.1 Å². The summed E-state index contributed by atoms with van der Waals surface area (Å²) in [6.07, 6.45) is 0. The van der Waals surface area contributed by atoms with Crippen LogP contribution in [0.3, 0.4) is 0 Å². The summed E-state index contributed by atoms with van der Waals surface area (Å²) in [7, 11) is 1.60. The summed E-state index contributed by atoms with van der Waals surface area (Å²) in [5.41, 5.74) is 0.602. The zero-order valence-electron chi connectivity index (χ0n) is 14.0.